The van der Waals surface area contributed by atoms with Crippen molar-refractivity contribution in [3.8, 4) is 0 Å². The van der Waals surface area contributed by atoms with Crippen LogP contribution in [0.5, 0.6) is 0 Å². The summed E-state index contributed by atoms with van der Waals surface area (Å²) in [6.07, 6.45) is 2.38. The molecule has 2 heterocycles. The molecule has 1 N–H and O–H groups in total. The molecule has 1 amide bonds. The van der Waals surface area contributed by atoms with Gasteiger partial charge < -0.3 is 8.83 Å². The van der Waals surface area contributed by atoms with Crippen LogP contribution in [0.3, 0.4) is 0 Å². The predicted octanol–water partition coefficient (Wildman–Crippen LogP) is 3.97. The van der Waals surface area contributed by atoms with Crippen LogP contribution in [0.4, 0.5) is 0 Å². The molecular formula is C18H18N2O3. The van der Waals surface area contributed by atoms with E-state index in [2.05, 4.69) is 10.5 Å². The SMILES string of the molecule is CCc1oc2ccccc2c1/C=N\NC(=O)c1cc(C)oc1C. The Labute approximate surface area is 134 Å². The largest absolute Gasteiger partial charge is 0.466 e. The first-order valence-corrected chi connectivity index (χ1v) is 7.51. The van der Waals surface area contributed by atoms with E-state index < -0.39 is 0 Å². The number of furan rings is 2. The zero-order valence-corrected chi connectivity index (χ0v) is 13.3. The Hall–Kier alpha value is -2.82. The first-order valence-electron chi connectivity index (χ1n) is 7.51. The Balaban J connectivity index is 1.83. The summed E-state index contributed by atoms with van der Waals surface area (Å²) < 4.78 is 11.1. The molecule has 0 unspecified atom stereocenters. The van der Waals surface area contributed by atoms with E-state index in [1.807, 2.05) is 31.2 Å². The number of nitrogens with zero attached hydrogens (tertiary/aromatic N) is 1. The minimum atomic E-state index is -0.290. The molecule has 0 spiro atoms. The summed E-state index contributed by atoms with van der Waals surface area (Å²) in [6, 6.07) is 9.47. The van der Waals surface area contributed by atoms with E-state index in [4.69, 9.17) is 8.83 Å². The fourth-order valence-corrected chi connectivity index (χ4v) is 2.59. The number of carbonyl (C=O) groups excluding carboxylic acids is 1. The number of fused-ring (bicyclic) bond motifs is 1. The predicted molar refractivity (Wildman–Crippen MR) is 88.8 cm³/mol. The van der Waals surface area contributed by atoms with Crippen molar-refractivity contribution in [3.05, 3.63) is 58.7 Å². The molecule has 5 heteroatoms. The second kappa shape index (κ2) is 6.12. The van der Waals surface area contributed by atoms with Gasteiger partial charge in [-0.1, -0.05) is 25.1 Å². The number of benzene rings is 1. The molecule has 0 aliphatic heterocycles. The van der Waals surface area contributed by atoms with E-state index in [9.17, 15) is 4.79 Å². The standard InChI is InChI=1S/C18H18N2O3/c1-4-16-15(13-7-5-6-8-17(13)23-16)10-19-20-18(21)14-9-11(2)22-12(14)3/h5-10H,4H2,1-3H3,(H,20,21)/b19-10-. The van der Waals surface area contributed by atoms with Gasteiger partial charge in [-0.25, -0.2) is 5.43 Å². The summed E-state index contributed by atoms with van der Waals surface area (Å²) in [6.45, 7) is 5.58. The van der Waals surface area contributed by atoms with Crippen molar-refractivity contribution < 1.29 is 13.6 Å². The molecule has 0 aliphatic carbocycles. The van der Waals surface area contributed by atoms with Crippen LogP contribution < -0.4 is 5.43 Å². The number of aryl methyl sites for hydroxylation is 3. The monoisotopic (exact) mass is 310 g/mol. The van der Waals surface area contributed by atoms with Gasteiger partial charge in [0.1, 0.15) is 22.9 Å². The summed E-state index contributed by atoms with van der Waals surface area (Å²) in [5.74, 6) is 1.84. The Morgan fingerprint density at radius 2 is 2.04 bits per heavy atom. The Bertz CT molecular complexity index is 887. The minimum Gasteiger partial charge on any atom is -0.466 e. The van der Waals surface area contributed by atoms with Gasteiger partial charge in [0.15, 0.2) is 0 Å². The lowest BCUT2D eigenvalue weighted by Crippen LogP contribution is -2.17. The van der Waals surface area contributed by atoms with Gasteiger partial charge in [-0.05, 0) is 26.0 Å². The fourth-order valence-electron chi connectivity index (χ4n) is 2.59. The number of rotatable bonds is 4. The van der Waals surface area contributed by atoms with Crippen LogP contribution >= 0.6 is 0 Å². The van der Waals surface area contributed by atoms with Crippen LogP contribution in [0.25, 0.3) is 11.0 Å². The molecule has 0 radical (unpaired) electrons. The van der Waals surface area contributed by atoms with Crippen molar-refractivity contribution >= 4 is 23.1 Å². The van der Waals surface area contributed by atoms with E-state index in [-0.39, 0.29) is 5.91 Å². The summed E-state index contributed by atoms with van der Waals surface area (Å²) in [7, 11) is 0. The van der Waals surface area contributed by atoms with Crippen molar-refractivity contribution in [1.82, 2.24) is 5.43 Å². The van der Waals surface area contributed by atoms with E-state index in [0.717, 1.165) is 28.7 Å². The number of para-hydroxylation sites is 1. The Kier molecular flexibility index (Phi) is 4.02. The fraction of sp³-hybridized carbons (Fsp3) is 0.222. The third kappa shape index (κ3) is 2.90. The van der Waals surface area contributed by atoms with Gasteiger partial charge in [0, 0.05) is 17.4 Å². The van der Waals surface area contributed by atoms with Gasteiger partial charge in [0.05, 0.1) is 11.8 Å². The Morgan fingerprint density at radius 1 is 1.26 bits per heavy atom. The van der Waals surface area contributed by atoms with Crippen LogP contribution in [-0.4, -0.2) is 12.1 Å². The van der Waals surface area contributed by atoms with Crippen molar-refractivity contribution in [2.75, 3.05) is 0 Å². The highest BCUT2D eigenvalue weighted by Crippen LogP contribution is 2.24. The third-order valence-electron chi connectivity index (χ3n) is 3.68. The topological polar surface area (TPSA) is 67.7 Å². The average Bonchev–Trinajstić information content (AvgIpc) is 3.07. The summed E-state index contributed by atoms with van der Waals surface area (Å²) in [5, 5.41) is 5.06. The first kappa shape index (κ1) is 15.1. The number of nitrogens with one attached hydrogen (secondary N) is 1. The zero-order valence-electron chi connectivity index (χ0n) is 13.3. The molecule has 3 aromatic rings. The van der Waals surface area contributed by atoms with Gasteiger partial charge in [-0.15, -0.1) is 0 Å². The van der Waals surface area contributed by atoms with E-state index in [0.29, 0.717) is 17.1 Å². The van der Waals surface area contributed by atoms with Crippen LogP contribution in [0.1, 0.15) is 40.1 Å². The van der Waals surface area contributed by atoms with Gasteiger partial charge in [-0.3, -0.25) is 4.79 Å². The van der Waals surface area contributed by atoms with Gasteiger partial charge in [0.2, 0.25) is 0 Å². The molecule has 0 aliphatic rings. The molecule has 23 heavy (non-hydrogen) atoms. The molecule has 0 fully saturated rings. The van der Waals surface area contributed by atoms with Crippen molar-refractivity contribution in [1.29, 1.82) is 0 Å². The number of amides is 1. The van der Waals surface area contributed by atoms with Crippen LogP contribution in [0.15, 0.2) is 44.3 Å². The molecule has 5 nitrogen and oxygen atoms in total. The van der Waals surface area contributed by atoms with E-state index >= 15 is 0 Å². The second-order valence-corrected chi connectivity index (χ2v) is 5.31. The van der Waals surface area contributed by atoms with E-state index in [1.54, 1.807) is 26.1 Å². The lowest BCUT2D eigenvalue weighted by Gasteiger charge is -1.97. The van der Waals surface area contributed by atoms with Crippen LogP contribution in [-0.2, 0) is 6.42 Å². The average molecular weight is 310 g/mol. The molecule has 1 aromatic carbocycles. The highest BCUT2D eigenvalue weighted by molar-refractivity contribution is 6.00. The first-order chi connectivity index (χ1) is 11.1. The molecule has 118 valence electrons. The summed E-state index contributed by atoms with van der Waals surface area (Å²) >= 11 is 0. The quantitative estimate of drug-likeness (QED) is 0.585. The zero-order chi connectivity index (χ0) is 16.4. The number of hydrazone groups is 1. The van der Waals surface area contributed by atoms with Crippen molar-refractivity contribution in [2.45, 2.75) is 27.2 Å². The molecule has 0 bridgehead atoms. The highest BCUT2D eigenvalue weighted by Gasteiger charge is 2.13. The highest BCUT2D eigenvalue weighted by atomic mass is 16.3. The number of hydrogen-bond donors (Lipinski definition) is 1. The van der Waals surface area contributed by atoms with Gasteiger partial charge in [-0.2, -0.15) is 5.10 Å². The van der Waals surface area contributed by atoms with Gasteiger partial charge in [0.25, 0.3) is 5.91 Å². The third-order valence-corrected chi connectivity index (χ3v) is 3.68. The summed E-state index contributed by atoms with van der Waals surface area (Å²) in [5.41, 5.74) is 4.74. The van der Waals surface area contributed by atoms with Crippen molar-refractivity contribution in [2.24, 2.45) is 5.10 Å². The minimum absolute atomic E-state index is 0.290. The van der Waals surface area contributed by atoms with Crippen LogP contribution in [0.2, 0.25) is 0 Å². The van der Waals surface area contributed by atoms with Crippen molar-refractivity contribution in [3.63, 3.8) is 0 Å². The normalized spacial score (nSPS) is 11.4. The smallest absolute Gasteiger partial charge is 0.274 e. The van der Waals surface area contributed by atoms with E-state index in [1.165, 1.54) is 0 Å². The Morgan fingerprint density at radius 3 is 2.74 bits per heavy atom. The molecule has 3 rings (SSSR count). The second-order valence-electron chi connectivity index (χ2n) is 5.31. The lowest BCUT2D eigenvalue weighted by atomic mass is 10.1. The maximum absolute atomic E-state index is 12.1. The lowest BCUT2D eigenvalue weighted by molar-refractivity contribution is 0.0953. The maximum atomic E-state index is 12.1. The van der Waals surface area contributed by atoms with Crippen LogP contribution in [0, 0.1) is 13.8 Å². The van der Waals surface area contributed by atoms with Gasteiger partial charge >= 0.3 is 0 Å². The molecule has 0 atom stereocenters. The molecule has 0 saturated carbocycles. The molecule has 0 saturated heterocycles. The molecular weight excluding hydrogens is 292 g/mol. The number of hydrogen-bond acceptors (Lipinski definition) is 4. The maximum Gasteiger partial charge on any atom is 0.274 e. The summed E-state index contributed by atoms with van der Waals surface area (Å²) in [4.78, 5) is 12.1. The molecule has 2 aromatic heterocycles. The number of carbonyl (C=O) groups is 1.